The predicted molar refractivity (Wildman–Crippen MR) is 108 cm³/mol. The maximum atomic E-state index is 12.9. The molecule has 0 saturated carbocycles. The van der Waals surface area contributed by atoms with Crippen LogP contribution in [0, 0.1) is 5.92 Å². The Balaban J connectivity index is 2.31. The highest BCUT2D eigenvalue weighted by molar-refractivity contribution is 5.99. The van der Waals surface area contributed by atoms with Crippen molar-refractivity contribution in [1.29, 1.82) is 0 Å². The first-order valence-corrected chi connectivity index (χ1v) is 9.58. The summed E-state index contributed by atoms with van der Waals surface area (Å²) in [6.45, 7) is 8.15. The third-order valence-electron chi connectivity index (χ3n) is 4.70. The molecule has 9 heteroatoms. The molecule has 5 atom stereocenters. The fraction of sp³-hybridized carbons (Fsp3) is 0.476. The van der Waals surface area contributed by atoms with E-state index in [1.165, 1.54) is 13.8 Å². The molecular weight excluding hydrogens is 392 g/mol. The Labute approximate surface area is 175 Å². The molecule has 1 aromatic carbocycles. The number of para-hydroxylation sites is 1. The van der Waals surface area contributed by atoms with Crippen molar-refractivity contribution in [3.05, 3.63) is 42.5 Å². The van der Waals surface area contributed by atoms with Crippen LogP contribution in [0.1, 0.15) is 31.1 Å². The monoisotopic (exact) mass is 420 g/mol. The van der Waals surface area contributed by atoms with E-state index in [1.807, 2.05) is 6.92 Å². The zero-order valence-electron chi connectivity index (χ0n) is 17.3. The molecule has 1 aliphatic heterocycles. The molecule has 2 rings (SSSR count). The number of carbonyl (C=O) groups is 3. The van der Waals surface area contributed by atoms with Gasteiger partial charge < -0.3 is 30.0 Å². The lowest BCUT2D eigenvalue weighted by Gasteiger charge is -2.44. The minimum absolute atomic E-state index is 0.0471. The first kappa shape index (κ1) is 23.4. The molecule has 1 saturated heterocycles. The number of carbonyl (C=O) groups excluding carboxylic acids is 3. The van der Waals surface area contributed by atoms with Crippen LogP contribution in [-0.2, 0) is 28.5 Å². The number of nitrogens with two attached hydrogens (primary N) is 1. The van der Waals surface area contributed by atoms with E-state index in [4.69, 9.17) is 24.7 Å². The highest BCUT2D eigenvalue weighted by atomic mass is 16.7. The molecule has 1 amide bonds. The largest absolute Gasteiger partial charge is 0.463 e. The van der Waals surface area contributed by atoms with Crippen LogP contribution in [-0.4, -0.2) is 55.6 Å². The van der Waals surface area contributed by atoms with Gasteiger partial charge in [-0.15, -0.1) is 6.58 Å². The van der Waals surface area contributed by atoms with Gasteiger partial charge in [0.05, 0.1) is 18.3 Å². The van der Waals surface area contributed by atoms with Gasteiger partial charge in [0.25, 0.3) is 5.91 Å². The van der Waals surface area contributed by atoms with Crippen molar-refractivity contribution in [1.82, 2.24) is 5.32 Å². The van der Waals surface area contributed by atoms with E-state index < -0.39 is 42.4 Å². The van der Waals surface area contributed by atoms with Crippen molar-refractivity contribution in [3.8, 4) is 0 Å². The van der Waals surface area contributed by atoms with Crippen LogP contribution in [0.4, 0.5) is 5.69 Å². The Morgan fingerprint density at radius 3 is 2.53 bits per heavy atom. The highest BCUT2D eigenvalue weighted by Gasteiger charge is 2.47. The van der Waals surface area contributed by atoms with Crippen molar-refractivity contribution in [2.24, 2.45) is 5.92 Å². The van der Waals surface area contributed by atoms with Crippen molar-refractivity contribution < 1.29 is 33.3 Å². The van der Waals surface area contributed by atoms with Crippen LogP contribution >= 0.6 is 0 Å². The molecule has 3 unspecified atom stereocenters. The maximum absolute atomic E-state index is 12.9. The smallest absolute Gasteiger partial charge is 0.305 e. The van der Waals surface area contributed by atoms with Gasteiger partial charge >= 0.3 is 11.9 Å². The minimum Gasteiger partial charge on any atom is -0.463 e. The Morgan fingerprint density at radius 2 is 1.93 bits per heavy atom. The second-order valence-corrected chi connectivity index (χ2v) is 6.99. The van der Waals surface area contributed by atoms with Crippen LogP contribution in [0.3, 0.4) is 0 Å². The van der Waals surface area contributed by atoms with E-state index in [9.17, 15) is 14.4 Å². The summed E-state index contributed by atoms with van der Waals surface area (Å²) in [5.41, 5.74) is 6.48. The first-order valence-electron chi connectivity index (χ1n) is 9.58. The molecule has 0 radical (unpaired) electrons. The van der Waals surface area contributed by atoms with Crippen LogP contribution in [0.2, 0.25) is 0 Å². The zero-order valence-corrected chi connectivity index (χ0v) is 17.3. The summed E-state index contributed by atoms with van der Waals surface area (Å²) in [5.74, 6) is -1.83. The van der Waals surface area contributed by atoms with Gasteiger partial charge in [-0.05, 0) is 12.1 Å². The average Bonchev–Trinajstić information content (AvgIpc) is 2.68. The summed E-state index contributed by atoms with van der Waals surface area (Å²) in [6.07, 6.45) is -0.806. The van der Waals surface area contributed by atoms with Crippen molar-refractivity contribution in [2.45, 2.75) is 45.3 Å². The second kappa shape index (κ2) is 10.7. The summed E-state index contributed by atoms with van der Waals surface area (Å²) in [7, 11) is 0. The van der Waals surface area contributed by atoms with Gasteiger partial charge in [-0.2, -0.15) is 0 Å². The predicted octanol–water partition coefficient (Wildman–Crippen LogP) is 1.43. The van der Waals surface area contributed by atoms with Crippen molar-refractivity contribution in [2.75, 3.05) is 18.9 Å². The number of nitrogen functional groups attached to an aromatic ring is 1. The zero-order chi connectivity index (χ0) is 22.3. The molecule has 0 spiro atoms. The SMILES string of the molecule is C=CCO[C@@H]1C(NC(=O)c2ccccc2N)C(OC(C)=O)OC(COC(C)=O)[C@@H]1C. The summed E-state index contributed by atoms with van der Waals surface area (Å²) in [4.78, 5) is 35.7. The molecule has 9 nitrogen and oxygen atoms in total. The molecule has 164 valence electrons. The lowest BCUT2D eigenvalue weighted by molar-refractivity contribution is -0.253. The van der Waals surface area contributed by atoms with E-state index >= 15 is 0 Å². The van der Waals surface area contributed by atoms with Crippen LogP contribution < -0.4 is 11.1 Å². The van der Waals surface area contributed by atoms with Crippen LogP contribution in [0.25, 0.3) is 0 Å². The molecule has 0 aliphatic carbocycles. The standard InChI is InChI=1S/C21H28N2O7/c1-5-10-27-19-12(2)17(11-28-13(3)24)30-21(29-14(4)25)18(19)23-20(26)15-8-6-7-9-16(15)22/h5-9,12,17-19,21H,1,10-11,22H2,2-4H3,(H,23,26)/t12-,17?,18?,19-,21?/m0/s1. The number of ether oxygens (including phenoxy) is 4. The normalized spacial score (nSPS) is 25.8. The van der Waals surface area contributed by atoms with Gasteiger partial charge in [0, 0.05) is 25.5 Å². The van der Waals surface area contributed by atoms with E-state index in [1.54, 1.807) is 30.3 Å². The van der Waals surface area contributed by atoms with E-state index in [0.29, 0.717) is 5.69 Å². The summed E-state index contributed by atoms with van der Waals surface area (Å²) in [6, 6.07) is 5.77. The number of anilines is 1. The van der Waals surface area contributed by atoms with Crippen molar-refractivity contribution in [3.63, 3.8) is 0 Å². The molecule has 30 heavy (non-hydrogen) atoms. The third-order valence-corrected chi connectivity index (χ3v) is 4.70. The number of amides is 1. The van der Waals surface area contributed by atoms with E-state index in [-0.39, 0.29) is 24.7 Å². The van der Waals surface area contributed by atoms with Gasteiger partial charge in [-0.1, -0.05) is 25.1 Å². The molecule has 0 aromatic heterocycles. The van der Waals surface area contributed by atoms with Gasteiger partial charge in [0.15, 0.2) is 0 Å². The van der Waals surface area contributed by atoms with Gasteiger partial charge in [0.1, 0.15) is 18.8 Å². The number of nitrogens with one attached hydrogen (secondary N) is 1. The lowest BCUT2D eigenvalue weighted by Crippen LogP contribution is -2.63. The number of hydrogen-bond donors (Lipinski definition) is 2. The first-order chi connectivity index (χ1) is 14.2. The molecule has 1 fully saturated rings. The molecule has 0 bridgehead atoms. The number of esters is 2. The van der Waals surface area contributed by atoms with E-state index in [0.717, 1.165) is 0 Å². The number of hydrogen-bond acceptors (Lipinski definition) is 8. The van der Waals surface area contributed by atoms with Crippen molar-refractivity contribution >= 4 is 23.5 Å². The molecular formula is C21H28N2O7. The highest BCUT2D eigenvalue weighted by Crippen LogP contribution is 2.30. The molecule has 3 N–H and O–H groups in total. The van der Waals surface area contributed by atoms with E-state index in [2.05, 4.69) is 11.9 Å². The Bertz CT molecular complexity index is 782. The summed E-state index contributed by atoms with van der Waals surface area (Å²) >= 11 is 0. The number of benzene rings is 1. The van der Waals surface area contributed by atoms with Gasteiger partial charge in [-0.25, -0.2) is 0 Å². The Hall–Kier alpha value is -2.91. The fourth-order valence-electron chi connectivity index (χ4n) is 3.25. The summed E-state index contributed by atoms with van der Waals surface area (Å²) < 4.78 is 22.2. The average molecular weight is 420 g/mol. The maximum Gasteiger partial charge on any atom is 0.305 e. The van der Waals surface area contributed by atoms with Crippen LogP contribution in [0.5, 0.6) is 0 Å². The minimum atomic E-state index is -1.15. The van der Waals surface area contributed by atoms with Gasteiger partial charge in [0.2, 0.25) is 6.29 Å². The second-order valence-electron chi connectivity index (χ2n) is 6.99. The lowest BCUT2D eigenvalue weighted by atomic mass is 9.88. The topological polar surface area (TPSA) is 126 Å². The van der Waals surface area contributed by atoms with Crippen LogP contribution in [0.15, 0.2) is 36.9 Å². The summed E-state index contributed by atoms with van der Waals surface area (Å²) in [5, 5.41) is 2.82. The number of rotatable bonds is 8. The molecule has 1 heterocycles. The fourth-order valence-corrected chi connectivity index (χ4v) is 3.25. The van der Waals surface area contributed by atoms with Gasteiger partial charge in [-0.3, -0.25) is 14.4 Å². The Kier molecular flexibility index (Phi) is 8.37. The molecule has 1 aliphatic rings. The quantitative estimate of drug-likeness (QED) is 0.367. The third kappa shape index (κ3) is 6.04. The molecule has 1 aromatic rings. The Morgan fingerprint density at radius 1 is 1.23 bits per heavy atom.